The number of methoxy groups -OCH3 is 1. The fourth-order valence-electron chi connectivity index (χ4n) is 2.52. The molecule has 1 amide bonds. The fraction of sp³-hybridized carbons (Fsp3) is 0.300. The third-order valence-corrected chi connectivity index (χ3v) is 3.68. The number of amides is 1. The standard InChI is InChI=1S/C20H23NO5/c1-13(2)26-18-12-15(9-10-17(18)25-3)21-19(22)11-8-14-6-4-5-7-16(14)20(23)24/h4-7,9-10,12-13H,8,11H2,1-3H3,(H,21,22)(H,23,24). The molecule has 138 valence electrons. The lowest BCUT2D eigenvalue weighted by molar-refractivity contribution is -0.116. The Morgan fingerprint density at radius 3 is 2.50 bits per heavy atom. The maximum atomic E-state index is 12.2. The summed E-state index contributed by atoms with van der Waals surface area (Å²) < 4.78 is 10.9. The fourth-order valence-corrected chi connectivity index (χ4v) is 2.52. The molecule has 0 radical (unpaired) electrons. The lowest BCUT2D eigenvalue weighted by Crippen LogP contribution is -2.14. The highest BCUT2D eigenvalue weighted by atomic mass is 16.5. The molecule has 0 atom stereocenters. The minimum atomic E-state index is -0.994. The van der Waals surface area contributed by atoms with Gasteiger partial charge in [-0.25, -0.2) is 4.79 Å². The molecular weight excluding hydrogens is 334 g/mol. The molecule has 0 aliphatic heterocycles. The van der Waals surface area contributed by atoms with Crippen LogP contribution in [-0.4, -0.2) is 30.2 Å². The van der Waals surface area contributed by atoms with Crippen molar-refractivity contribution in [3.8, 4) is 11.5 Å². The Morgan fingerprint density at radius 2 is 1.85 bits per heavy atom. The number of benzene rings is 2. The first-order chi connectivity index (χ1) is 12.4. The van der Waals surface area contributed by atoms with Crippen molar-refractivity contribution in [2.45, 2.75) is 32.8 Å². The molecule has 0 heterocycles. The van der Waals surface area contributed by atoms with Crippen LogP contribution in [0.25, 0.3) is 0 Å². The van der Waals surface area contributed by atoms with Gasteiger partial charge in [-0.05, 0) is 44.0 Å². The maximum Gasteiger partial charge on any atom is 0.335 e. The molecule has 0 bridgehead atoms. The van der Waals surface area contributed by atoms with E-state index in [9.17, 15) is 14.7 Å². The molecule has 0 unspecified atom stereocenters. The Balaban J connectivity index is 2.03. The predicted octanol–water partition coefficient (Wildman–Crippen LogP) is 3.75. The number of anilines is 1. The van der Waals surface area contributed by atoms with E-state index in [2.05, 4.69) is 5.32 Å². The van der Waals surface area contributed by atoms with Gasteiger partial charge in [-0.1, -0.05) is 18.2 Å². The van der Waals surface area contributed by atoms with E-state index in [-0.39, 0.29) is 24.0 Å². The van der Waals surface area contributed by atoms with Gasteiger partial charge in [0.2, 0.25) is 5.91 Å². The van der Waals surface area contributed by atoms with Crippen LogP contribution in [-0.2, 0) is 11.2 Å². The number of aromatic carboxylic acids is 1. The van der Waals surface area contributed by atoms with Crippen molar-refractivity contribution in [2.75, 3.05) is 12.4 Å². The first kappa shape index (κ1) is 19.3. The van der Waals surface area contributed by atoms with E-state index in [1.807, 2.05) is 13.8 Å². The van der Waals surface area contributed by atoms with Crippen molar-refractivity contribution in [3.05, 3.63) is 53.6 Å². The van der Waals surface area contributed by atoms with Gasteiger partial charge in [-0.2, -0.15) is 0 Å². The van der Waals surface area contributed by atoms with Crippen molar-refractivity contribution >= 4 is 17.6 Å². The number of carboxylic acids is 1. The Labute approximate surface area is 152 Å². The molecule has 2 rings (SSSR count). The predicted molar refractivity (Wildman–Crippen MR) is 99.1 cm³/mol. The lowest BCUT2D eigenvalue weighted by Gasteiger charge is -2.15. The molecule has 6 heteroatoms. The molecule has 0 aliphatic carbocycles. The molecule has 0 aliphatic rings. The van der Waals surface area contributed by atoms with Gasteiger partial charge in [0.05, 0.1) is 18.8 Å². The molecule has 0 saturated carbocycles. The first-order valence-corrected chi connectivity index (χ1v) is 8.36. The number of rotatable bonds is 8. The largest absolute Gasteiger partial charge is 0.493 e. The summed E-state index contributed by atoms with van der Waals surface area (Å²) in [4.78, 5) is 23.4. The van der Waals surface area contributed by atoms with Crippen LogP contribution in [0.5, 0.6) is 11.5 Å². The number of hydrogen-bond acceptors (Lipinski definition) is 4. The number of aryl methyl sites for hydroxylation is 1. The Morgan fingerprint density at radius 1 is 1.12 bits per heavy atom. The Hall–Kier alpha value is -3.02. The second-order valence-corrected chi connectivity index (χ2v) is 6.04. The zero-order chi connectivity index (χ0) is 19.1. The SMILES string of the molecule is COc1ccc(NC(=O)CCc2ccccc2C(=O)O)cc1OC(C)C. The molecule has 2 aromatic rings. The van der Waals surface area contributed by atoms with Crippen molar-refractivity contribution in [3.63, 3.8) is 0 Å². The second kappa shape index (κ2) is 8.89. The Kier molecular flexibility index (Phi) is 6.60. The van der Waals surface area contributed by atoms with Gasteiger partial charge in [0, 0.05) is 18.2 Å². The van der Waals surface area contributed by atoms with Gasteiger partial charge < -0.3 is 19.9 Å². The van der Waals surface area contributed by atoms with Gasteiger partial charge >= 0.3 is 5.97 Å². The van der Waals surface area contributed by atoms with Gasteiger partial charge in [-0.15, -0.1) is 0 Å². The summed E-state index contributed by atoms with van der Waals surface area (Å²) in [5, 5.41) is 12.0. The van der Waals surface area contributed by atoms with Crippen LogP contribution >= 0.6 is 0 Å². The Bertz CT molecular complexity index is 786. The van der Waals surface area contributed by atoms with Crippen LogP contribution in [0.1, 0.15) is 36.2 Å². The van der Waals surface area contributed by atoms with Crippen LogP contribution in [0, 0.1) is 0 Å². The van der Waals surface area contributed by atoms with Crippen LogP contribution in [0.4, 0.5) is 5.69 Å². The highest BCUT2D eigenvalue weighted by molar-refractivity contribution is 5.92. The van der Waals surface area contributed by atoms with Crippen molar-refractivity contribution in [1.29, 1.82) is 0 Å². The molecule has 2 aromatic carbocycles. The number of carboxylic acid groups (broad SMARTS) is 1. The minimum absolute atomic E-state index is 0.0256. The molecule has 0 spiro atoms. The average Bonchev–Trinajstić information content (AvgIpc) is 2.60. The topological polar surface area (TPSA) is 84.9 Å². The second-order valence-electron chi connectivity index (χ2n) is 6.04. The van der Waals surface area contributed by atoms with Crippen LogP contribution in [0.15, 0.2) is 42.5 Å². The quantitative estimate of drug-likeness (QED) is 0.751. The number of hydrogen-bond donors (Lipinski definition) is 2. The number of carbonyl (C=O) groups excluding carboxylic acids is 1. The highest BCUT2D eigenvalue weighted by Gasteiger charge is 2.12. The smallest absolute Gasteiger partial charge is 0.335 e. The molecule has 2 N–H and O–H groups in total. The molecule has 0 saturated heterocycles. The van der Waals surface area contributed by atoms with Gasteiger partial charge in [-0.3, -0.25) is 4.79 Å². The average molecular weight is 357 g/mol. The summed E-state index contributed by atoms with van der Waals surface area (Å²) in [6.45, 7) is 3.81. The summed E-state index contributed by atoms with van der Waals surface area (Å²) in [5.41, 5.74) is 1.45. The maximum absolute atomic E-state index is 12.2. The first-order valence-electron chi connectivity index (χ1n) is 8.36. The minimum Gasteiger partial charge on any atom is -0.493 e. The third kappa shape index (κ3) is 5.24. The van der Waals surface area contributed by atoms with Gasteiger partial charge in [0.1, 0.15) is 0 Å². The van der Waals surface area contributed by atoms with Crippen molar-refractivity contribution in [2.24, 2.45) is 0 Å². The van der Waals surface area contributed by atoms with E-state index in [1.165, 1.54) is 6.07 Å². The zero-order valence-electron chi connectivity index (χ0n) is 15.1. The van der Waals surface area contributed by atoms with E-state index in [0.717, 1.165) is 0 Å². The molecule has 0 fully saturated rings. The van der Waals surface area contributed by atoms with Gasteiger partial charge in [0.15, 0.2) is 11.5 Å². The summed E-state index contributed by atoms with van der Waals surface area (Å²) in [6.07, 6.45) is 0.499. The number of carbonyl (C=O) groups is 2. The van der Waals surface area contributed by atoms with Crippen LogP contribution in [0.2, 0.25) is 0 Å². The van der Waals surface area contributed by atoms with E-state index >= 15 is 0 Å². The third-order valence-electron chi connectivity index (χ3n) is 3.68. The molecule has 6 nitrogen and oxygen atoms in total. The summed E-state index contributed by atoms with van der Waals surface area (Å²) in [5.74, 6) is -0.0545. The van der Waals surface area contributed by atoms with E-state index in [1.54, 1.807) is 43.5 Å². The molecule has 26 heavy (non-hydrogen) atoms. The normalized spacial score (nSPS) is 10.5. The van der Waals surface area contributed by atoms with Crippen LogP contribution < -0.4 is 14.8 Å². The molecule has 0 aromatic heterocycles. The van der Waals surface area contributed by atoms with E-state index < -0.39 is 5.97 Å². The molecular formula is C20H23NO5. The van der Waals surface area contributed by atoms with Crippen molar-refractivity contribution in [1.82, 2.24) is 0 Å². The monoisotopic (exact) mass is 357 g/mol. The zero-order valence-corrected chi connectivity index (χ0v) is 15.1. The van der Waals surface area contributed by atoms with E-state index in [0.29, 0.717) is 29.2 Å². The summed E-state index contributed by atoms with van der Waals surface area (Å²) >= 11 is 0. The van der Waals surface area contributed by atoms with E-state index in [4.69, 9.17) is 9.47 Å². The number of ether oxygens (including phenoxy) is 2. The summed E-state index contributed by atoms with van der Waals surface area (Å²) in [6, 6.07) is 11.9. The van der Waals surface area contributed by atoms with Crippen molar-refractivity contribution < 1.29 is 24.2 Å². The summed E-state index contributed by atoms with van der Waals surface area (Å²) in [7, 11) is 1.56. The van der Waals surface area contributed by atoms with Crippen LogP contribution in [0.3, 0.4) is 0 Å². The highest BCUT2D eigenvalue weighted by Crippen LogP contribution is 2.31. The van der Waals surface area contributed by atoms with Gasteiger partial charge in [0.25, 0.3) is 0 Å². The lowest BCUT2D eigenvalue weighted by atomic mass is 10.0. The number of nitrogens with one attached hydrogen (secondary N) is 1.